The van der Waals surface area contributed by atoms with Crippen molar-refractivity contribution in [2.24, 2.45) is 0 Å². The number of amides is 1. The van der Waals surface area contributed by atoms with Crippen LogP contribution in [-0.4, -0.2) is 24.0 Å². The third-order valence-corrected chi connectivity index (χ3v) is 3.70. The maximum absolute atomic E-state index is 13.2. The molecule has 0 spiro atoms. The van der Waals surface area contributed by atoms with Crippen LogP contribution in [0.25, 0.3) is 0 Å². The highest BCUT2D eigenvalue weighted by Gasteiger charge is 2.12. The molecule has 7 heteroatoms. The molecule has 2 aromatic carbocycles. The molecule has 0 radical (unpaired) electrons. The monoisotopic (exact) mass is 365 g/mol. The predicted octanol–water partition coefficient (Wildman–Crippen LogP) is 4.00. The number of pyridine rings is 1. The van der Waals surface area contributed by atoms with Gasteiger partial charge >= 0.3 is 5.97 Å². The van der Waals surface area contributed by atoms with Crippen molar-refractivity contribution in [3.05, 3.63) is 83.8 Å². The minimum atomic E-state index is -0.482. The normalized spacial score (nSPS) is 10.1. The number of anilines is 3. The summed E-state index contributed by atoms with van der Waals surface area (Å²) in [6.07, 6.45) is 1.46. The first kappa shape index (κ1) is 18.1. The van der Waals surface area contributed by atoms with Gasteiger partial charge in [0.05, 0.1) is 30.2 Å². The Morgan fingerprint density at radius 1 is 1.04 bits per heavy atom. The van der Waals surface area contributed by atoms with Crippen molar-refractivity contribution >= 4 is 29.1 Å². The number of halogens is 1. The molecule has 1 amide bonds. The smallest absolute Gasteiger partial charge is 0.339 e. The topological polar surface area (TPSA) is 80.3 Å². The molecule has 3 aromatic rings. The Bertz CT molecular complexity index is 974. The molecule has 136 valence electrons. The van der Waals surface area contributed by atoms with Gasteiger partial charge in [0, 0.05) is 5.56 Å². The quantitative estimate of drug-likeness (QED) is 0.668. The molecule has 1 heterocycles. The van der Waals surface area contributed by atoms with Crippen molar-refractivity contribution in [3.8, 4) is 0 Å². The van der Waals surface area contributed by atoms with E-state index >= 15 is 0 Å². The van der Waals surface area contributed by atoms with E-state index in [0.717, 1.165) is 6.07 Å². The van der Waals surface area contributed by atoms with Crippen LogP contribution in [0.2, 0.25) is 0 Å². The second kappa shape index (κ2) is 8.09. The summed E-state index contributed by atoms with van der Waals surface area (Å²) in [4.78, 5) is 28.1. The molecule has 1 aromatic heterocycles. The Morgan fingerprint density at radius 3 is 2.56 bits per heavy atom. The van der Waals surface area contributed by atoms with Crippen molar-refractivity contribution in [2.45, 2.75) is 0 Å². The van der Waals surface area contributed by atoms with Crippen molar-refractivity contribution in [1.82, 2.24) is 4.98 Å². The zero-order valence-corrected chi connectivity index (χ0v) is 14.4. The zero-order chi connectivity index (χ0) is 19.2. The van der Waals surface area contributed by atoms with Gasteiger partial charge in [-0.15, -0.1) is 0 Å². The lowest BCUT2D eigenvalue weighted by atomic mass is 10.2. The fourth-order valence-corrected chi connectivity index (χ4v) is 2.39. The van der Waals surface area contributed by atoms with Crippen LogP contribution in [0.4, 0.5) is 21.6 Å². The molecule has 27 heavy (non-hydrogen) atoms. The second-order valence-corrected chi connectivity index (χ2v) is 5.56. The molecular weight excluding hydrogens is 349 g/mol. The van der Waals surface area contributed by atoms with Crippen LogP contribution in [-0.2, 0) is 4.74 Å². The highest BCUT2D eigenvalue weighted by molar-refractivity contribution is 6.04. The van der Waals surface area contributed by atoms with Gasteiger partial charge < -0.3 is 15.4 Å². The van der Waals surface area contributed by atoms with E-state index in [2.05, 4.69) is 15.6 Å². The van der Waals surface area contributed by atoms with Crippen LogP contribution in [0, 0.1) is 5.82 Å². The van der Waals surface area contributed by atoms with Gasteiger partial charge in [0.25, 0.3) is 5.91 Å². The van der Waals surface area contributed by atoms with Gasteiger partial charge in [-0.05, 0) is 42.5 Å². The number of methoxy groups -OCH3 is 1. The third-order valence-electron chi connectivity index (χ3n) is 3.70. The Kier molecular flexibility index (Phi) is 5.41. The summed E-state index contributed by atoms with van der Waals surface area (Å²) in [6.45, 7) is 0. The molecule has 0 atom stereocenters. The van der Waals surface area contributed by atoms with Crippen LogP contribution in [0.1, 0.15) is 20.7 Å². The first-order valence-corrected chi connectivity index (χ1v) is 8.04. The third kappa shape index (κ3) is 4.46. The van der Waals surface area contributed by atoms with Gasteiger partial charge in [-0.25, -0.2) is 14.2 Å². The van der Waals surface area contributed by atoms with E-state index in [1.807, 2.05) is 0 Å². The number of para-hydroxylation sites is 1. The minimum Gasteiger partial charge on any atom is -0.465 e. The van der Waals surface area contributed by atoms with Crippen LogP contribution < -0.4 is 10.6 Å². The second-order valence-electron chi connectivity index (χ2n) is 5.56. The first-order chi connectivity index (χ1) is 13.1. The number of ether oxygens (including phenoxy) is 1. The fraction of sp³-hybridized carbons (Fsp3) is 0.0500. The Hall–Kier alpha value is -3.74. The van der Waals surface area contributed by atoms with Crippen molar-refractivity contribution in [1.29, 1.82) is 0 Å². The molecule has 0 bridgehead atoms. The predicted molar refractivity (Wildman–Crippen MR) is 99.7 cm³/mol. The van der Waals surface area contributed by atoms with E-state index in [-0.39, 0.29) is 5.56 Å². The van der Waals surface area contributed by atoms with Crippen LogP contribution in [0.3, 0.4) is 0 Å². The average molecular weight is 365 g/mol. The van der Waals surface area contributed by atoms with Crippen molar-refractivity contribution in [3.63, 3.8) is 0 Å². The van der Waals surface area contributed by atoms with E-state index in [9.17, 15) is 14.0 Å². The lowest BCUT2D eigenvalue weighted by molar-refractivity contribution is 0.0601. The summed E-state index contributed by atoms with van der Waals surface area (Å²) in [6, 6.07) is 15.6. The van der Waals surface area contributed by atoms with E-state index in [4.69, 9.17) is 4.74 Å². The van der Waals surface area contributed by atoms with Gasteiger partial charge in [-0.3, -0.25) is 4.79 Å². The molecular formula is C20H16FN3O3. The number of nitrogens with one attached hydrogen (secondary N) is 2. The van der Waals surface area contributed by atoms with E-state index < -0.39 is 17.7 Å². The lowest BCUT2D eigenvalue weighted by Gasteiger charge is -2.11. The van der Waals surface area contributed by atoms with Crippen molar-refractivity contribution < 1.29 is 18.7 Å². The molecule has 0 aliphatic heterocycles. The first-order valence-electron chi connectivity index (χ1n) is 8.04. The van der Waals surface area contributed by atoms with Gasteiger partial charge in [0.15, 0.2) is 0 Å². The molecule has 0 fully saturated rings. The van der Waals surface area contributed by atoms with E-state index in [1.165, 1.54) is 31.5 Å². The molecule has 0 saturated carbocycles. The number of carbonyl (C=O) groups is 2. The van der Waals surface area contributed by atoms with Crippen LogP contribution in [0.15, 0.2) is 66.9 Å². The molecule has 3 rings (SSSR count). The number of nitrogens with zero attached hydrogens (tertiary/aromatic N) is 1. The minimum absolute atomic E-state index is 0.212. The number of hydrogen-bond acceptors (Lipinski definition) is 5. The molecule has 2 N–H and O–H groups in total. The Morgan fingerprint density at radius 2 is 1.85 bits per heavy atom. The highest BCUT2D eigenvalue weighted by atomic mass is 19.1. The lowest BCUT2D eigenvalue weighted by Crippen LogP contribution is -2.12. The molecule has 0 aliphatic carbocycles. The Balaban J connectivity index is 1.71. The van der Waals surface area contributed by atoms with E-state index in [0.29, 0.717) is 22.8 Å². The molecule has 0 saturated heterocycles. The maximum Gasteiger partial charge on any atom is 0.339 e. The van der Waals surface area contributed by atoms with E-state index in [1.54, 1.807) is 36.4 Å². The molecule has 0 unspecified atom stereocenters. The number of esters is 1. The van der Waals surface area contributed by atoms with Crippen LogP contribution in [0.5, 0.6) is 0 Å². The summed E-state index contributed by atoms with van der Waals surface area (Å²) in [5, 5.41) is 5.68. The summed E-state index contributed by atoms with van der Waals surface area (Å²) < 4.78 is 18.0. The largest absolute Gasteiger partial charge is 0.465 e. The maximum atomic E-state index is 13.2. The molecule has 0 aliphatic rings. The van der Waals surface area contributed by atoms with Gasteiger partial charge in [-0.2, -0.15) is 0 Å². The number of carbonyl (C=O) groups excluding carboxylic acids is 2. The number of rotatable bonds is 5. The number of aromatic nitrogens is 1. The summed E-state index contributed by atoms with van der Waals surface area (Å²) in [5.41, 5.74) is 1.60. The van der Waals surface area contributed by atoms with Gasteiger partial charge in [-0.1, -0.05) is 18.2 Å². The highest BCUT2D eigenvalue weighted by Crippen LogP contribution is 2.21. The van der Waals surface area contributed by atoms with Gasteiger partial charge in [0.1, 0.15) is 11.6 Å². The standard InChI is InChI=1S/C20H16FN3O3/c1-27-20(26)16-7-2-3-8-17(16)24-18-10-9-15(12-22-18)23-19(25)13-5-4-6-14(21)11-13/h2-12H,1H3,(H,22,24)(H,23,25). The SMILES string of the molecule is COC(=O)c1ccccc1Nc1ccc(NC(=O)c2cccc(F)c2)cn1. The fourth-order valence-electron chi connectivity index (χ4n) is 2.39. The number of benzene rings is 2. The molecule has 6 nitrogen and oxygen atoms in total. The zero-order valence-electron chi connectivity index (χ0n) is 14.4. The summed E-state index contributed by atoms with van der Waals surface area (Å²) in [5.74, 6) is -0.898. The summed E-state index contributed by atoms with van der Waals surface area (Å²) in [7, 11) is 1.31. The van der Waals surface area contributed by atoms with Gasteiger partial charge in [0.2, 0.25) is 0 Å². The number of hydrogen-bond donors (Lipinski definition) is 2. The Labute approximate surface area is 155 Å². The summed E-state index contributed by atoms with van der Waals surface area (Å²) >= 11 is 0. The van der Waals surface area contributed by atoms with Crippen molar-refractivity contribution in [2.75, 3.05) is 17.7 Å². The average Bonchev–Trinajstić information content (AvgIpc) is 2.69. The van der Waals surface area contributed by atoms with Crippen LogP contribution >= 0.6 is 0 Å².